The first kappa shape index (κ1) is 17.3. The van der Waals surface area contributed by atoms with E-state index in [0.29, 0.717) is 19.6 Å². The largest absolute Gasteiger partial charge is 0.372 e. The molecule has 3 atom stereocenters. The van der Waals surface area contributed by atoms with Gasteiger partial charge in [0.1, 0.15) is 5.01 Å². The van der Waals surface area contributed by atoms with Gasteiger partial charge in [-0.2, -0.15) is 0 Å². The molecule has 3 rings (SSSR count). The molecule has 2 aromatic rings. The number of fused-ring (bicyclic) bond motifs is 1. The van der Waals surface area contributed by atoms with Crippen molar-refractivity contribution >= 4 is 27.5 Å². The Morgan fingerprint density at radius 2 is 2.04 bits per heavy atom. The summed E-state index contributed by atoms with van der Waals surface area (Å²) in [7, 11) is 1.99. The van der Waals surface area contributed by atoms with Crippen molar-refractivity contribution in [1.82, 2.24) is 14.8 Å². The van der Waals surface area contributed by atoms with Gasteiger partial charge < -0.3 is 9.64 Å². The summed E-state index contributed by atoms with van der Waals surface area (Å²) in [6.45, 7) is 8.03. The third-order valence-electron chi connectivity index (χ3n) is 4.47. The molecule has 1 amide bonds. The molecule has 1 aromatic heterocycles. The Balaban J connectivity index is 1.65. The molecule has 0 N–H and O–H groups in total. The van der Waals surface area contributed by atoms with Crippen molar-refractivity contribution in [3.8, 4) is 0 Å². The number of aromatic nitrogens is 1. The molecule has 24 heavy (non-hydrogen) atoms. The fourth-order valence-corrected chi connectivity index (χ4v) is 4.18. The van der Waals surface area contributed by atoms with E-state index < -0.39 is 0 Å². The molecular weight excluding hydrogens is 322 g/mol. The second kappa shape index (κ2) is 7.17. The number of rotatable bonds is 4. The van der Waals surface area contributed by atoms with E-state index in [9.17, 15) is 4.79 Å². The molecule has 0 spiro atoms. The summed E-state index contributed by atoms with van der Waals surface area (Å²) in [4.78, 5) is 21.5. The van der Waals surface area contributed by atoms with Gasteiger partial charge in [0.25, 0.3) is 0 Å². The highest BCUT2D eigenvalue weighted by atomic mass is 32.1. The lowest BCUT2D eigenvalue weighted by Crippen LogP contribution is -2.53. The van der Waals surface area contributed by atoms with Crippen LogP contribution in [0.5, 0.6) is 0 Å². The van der Waals surface area contributed by atoms with Crippen molar-refractivity contribution < 1.29 is 9.53 Å². The van der Waals surface area contributed by atoms with Gasteiger partial charge in [0.15, 0.2) is 0 Å². The Kier molecular flexibility index (Phi) is 5.18. The van der Waals surface area contributed by atoms with Crippen LogP contribution in [0.1, 0.15) is 25.8 Å². The highest BCUT2D eigenvalue weighted by Crippen LogP contribution is 2.23. The zero-order valence-corrected chi connectivity index (χ0v) is 15.5. The SMILES string of the molecule is CC1CN(C(=O)C(C)N(C)Cc2nc3ccccc3s2)CC(C)O1. The predicted octanol–water partition coefficient (Wildman–Crippen LogP) is 2.75. The lowest BCUT2D eigenvalue weighted by molar-refractivity contribution is -0.147. The minimum absolute atomic E-state index is 0.0967. The van der Waals surface area contributed by atoms with Gasteiger partial charge in [0, 0.05) is 13.1 Å². The van der Waals surface area contributed by atoms with E-state index >= 15 is 0 Å². The number of amides is 1. The van der Waals surface area contributed by atoms with Crippen LogP contribution in [0.4, 0.5) is 0 Å². The molecular formula is C18H25N3O2S. The molecule has 6 heteroatoms. The van der Waals surface area contributed by atoms with Gasteiger partial charge in [-0.25, -0.2) is 4.98 Å². The smallest absolute Gasteiger partial charge is 0.239 e. The summed E-state index contributed by atoms with van der Waals surface area (Å²) in [5.74, 6) is 0.167. The first-order chi connectivity index (χ1) is 11.4. The maximum atomic E-state index is 12.8. The molecule has 2 heterocycles. The van der Waals surface area contributed by atoms with Crippen molar-refractivity contribution in [3.63, 3.8) is 0 Å². The molecule has 1 fully saturated rings. The monoisotopic (exact) mass is 347 g/mol. The number of carbonyl (C=O) groups is 1. The average molecular weight is 347 g/mol. The van der Waals surface area contributed by atoms with Crippen LogP contribution < -0.4 is 0 Å². The van der Waals surface area contributed by atoms with Crippen molar-refractivity contribution in [1.29, 1.82) is 0 Å². The average Bonchev–Trinajstić information content (AvgIpc) is 2.94. The first-order valence-electron chi connectivity index (χ1n) is 8.43. The summed E-state index contributed by atoms with van der Waals surface area (Å²) in [5.41, 5.74) is 1.03. The summed E-state index contributed by atoms with van der Waals surface area (Å²) in [5, 5.41) is 1.04. The maximum absolute atomic E-state index is 12.8. The van der Waals surface area contributed by atoms with Crippen LogP contribution in [0, 0.1) is 0 Å². The lowest BCUT2D eigenvalue weighted by atomic mass is 10.2. The fraction of sp³-hybridized carbons (Fsp3) is 0.556. The van der Waals surface area contributed by atoms with E-state index in [1.165, 1.54) is 4.70 Å². The third-order valence-corrected chi connectivity index (χ3v) is 5.49. The third kappa shape index (κ3) is 3.77. The Bertz CT molecular complexity index is 674. The van der Waals surface area contributed by atoms with Crippen LogP contribution in [0.15, 0.2) is 24.3 Å². The number of ether oxygens (including phenoxy) is 1. The summed E-state index contributed by atoms with van der Waals surface area (Å²) < 4.78 is 6.91. The van der Waals surface area contributed by atoms with Crippen molar-refractivity contribution in [2.45, 2.75) is 45.6 Å². The van der Waals surface area contributed by atoms with Crippen LogP contribution in [0.25, 0.3) is 10.2 Å². The van der Waals surface area contributed by atoms with Crippen LogP contribution >= 0.6 is 11.3 Å². The number of thiazole rings is 1. The van der Waals surface area contributed by atoms with Gasteiger partial charge in [-0.15, -0.1) is 11.3 Å². The topological polar surface area (TPSA) is 45.7 Å². The summed E-state index contributed by atoms with van der Waals surface area (Å²) in [6, 6.07) is 7.97. The zero-order chi connectivity index (χ0) is 17.3. The van der Waals surface area contributed by atoms with Gasteiger partial charge in [-0.3, -0.25) is 9.69 Å². The number of nitrogens with zero attached hydrogens (tertiary/aromatic N) is 3. The number of carbonyl (C=O) groups excluding carboxylic acids is 1. The predicted molar refractivity (Wildman–Crippen MR) is 97.1 cm³/mol. The molecule has 3 unspecified atom stereocenters. The molecule has 0 saturated carbocycles. The van der Waals surface area contributed by atoms with E-state index in [0.717, 1.165) is 10.5 Å². The quantitative estimate of drug-likeness (QED) is 0.853. The molecule has 1 aromatic carbocycles. The molecule has 0 aliphatic carbocycles. The van der Waals surface area contributed by atoms with Crippen LogP contribution in [-0.4, -0.2) is 59.1 Å². The van der Waals surface area contributed by atoms with Gasteiger partial charge in [-0.05, 0) is 40.0 Å². The van der Waals surface area contributed by atoms with Crippen LogP contribution in [-0.2, 0) is 16.1 Å². The number of para-hydroxylation sites is 1. The van der Waals surface area contributed by atoms with E-state index in [-0.39, 0.29) is 24.2 Å². The number of hydrogen-bond donors (Lipinski definition) is 0. The Morgan fingerprint density at radius 3 is 2.71 bits per heavy atom. The van der Waals surface area contributed by atoms with Crippen molar-refractivity contribution in [3.05, 3.63) is 29.3 Å². The minimum Gasteiger partial charge on any atom is -0.372 e. The minimum atomic E-state index is -0.172. The lowest BCUT2D eigenvalue weighted by Gasteiger charge is -2.38. The maximum Gasteiger partial charge on any atom is 0.239 e. The van der Waals surface area contributed by atoms with Gasteiger partial charge >= 0.3 is 0 Å². The molecule has 1 aliphatic rings. The van der Waals surface area contributed by atoms with E-state index in [4.69, 9.17) is 4.74 Å². The zero-order valence-electron chi connectivity index (χ0n) is 14.7. The summed E-state index contributed by atoms with van der Waals surface area (Å²) >= 11 is 1.69. The number of benzene rings is 1. The summed E-state index contributed by atoms with van der Waals surface area (Å²) in [6.07, 6.45) is 0.193. The first-order valence-corrected chi connectivity index (χ1v) is 9.24. The second-order valence-corrected chi connectivity index (χ2v) is 7.78. The van der Waals surface area contributed by atoms with E-state index in [1.54, 1.807) is 11.3 Å². The van der Waals surface area contributed by atoms with E-state index in [1.807, 2.05) is 50.9 Å². The Labute approximate surface area is 147 Å². The molecule has 1 aliphatic heterocycles. The molecule has 5 nitrogen and oxygen atoms in total. The number of morpholine rings is 1. The van der Waals surface area contributed by atoms with Crippen LogP contribution in [0.3, 0.4) is 0 Å². The Morgan fingerprint density at radius 1 is 1.38 bits per heavy atom. The van der Waals surface area contributed by atoms with Crippen LogP contribution in [0.2, 0.25) is 0 Å². The standard InChI is InChI=1S/C18H25N3O2S/c1-12-9-21(10-13(2)23-12)18(22)14(3)20(4)11-17-19-15-7-5-6-8-16(15)24-17/h5-8,12-14H,9-11H2,1-4H3. The van der Waals surface area contributed by atoms with E-state index in [2.05, 4.69) is 16.0 Å². The normalized spacial score (nSPS) is 23.0. The second-order valence-electron chi connectivity index (χ2n) is 6.67. The number of likely N-dealkylation sites (N-methyl/N-ethyl adjacent to an activating group) is 1. The molecule has 0 bridgehead atoms. The molecule has 0 radical (unpaired) electrons. The number of hydrogen-bond acceptors (Lipinski definition) is 5. The highest BCUT2D eigenvalue weighted by Gasteiger charge is 2.30. The molecule has 1 saturated heterocycles. The highest BCUT2D eigenvalue weighted by molar-refractivity contribution is 7.18. The van der Waals surface area contributed by atoms with Gasteiger partial charge in [0.05, 0.1) is 35.0 Å². The van der Waals surface area contributed by atoms with Gasteiger partial charge in [0.2, 0.25) is 5.91 Å². The van der Waals surface area contributed by atoms with Crippen molar-refractivity contribution in [2.75, 3.05) is 20.1 Å². The Hall–Kier alpha value is -1.50. The molecule has 130 valence electrons. The fourth-order valence-electron chi connectivity index (χ4n) is 3.15. The van der Waals surface area contributed by atoms with Crippen molar-refractivity contribution in [2.24, 2.45) is 0 Å². The van der Waals surface area contributed by atoms with Gasteiger partial charge in [-0.1, -0.05) is 12.1 Å².